The molecule has 0 aliphatic carbocycles. The maximum Gasteiger partial charge on any atom is 0.123 e. The Labute approximate surface area is 137 Å². The van der Waals surface area contributed by atoms with Crippen molar-refractivity contribution in [1.29, 1.82) is 0 Å². The Morgan fingerprint density at radius 3 is 1.96 bits per heavy atom. The number of aliphatic hydroxyl groups excluding tert-OH is 1. The molecule has 0 radical (unpaired) electrons. The minimum absolute atomic E-state index is 0.113. The molecule has 23 heavy (non-hydrogen) atoms. The van der Waals surface area contributed by atoms with E-state index in [0.29, 0.717) is 6.54 Å². The van der Waals surface area contributed by atoms with Crippen molar-refractivity contribution in [3.05, 3.63) is 52.6 Å². The average molecular weight is 316 g/mol. The summed E-state index contributed by atoms with van der Waals surface area (Å²) in [6.45, 7) is 8.50. The van der Waals surface area contributed by atoms with E-state index in [0.717, 1.165) is 33.6 Å². The molecule has 1 aromatic carbocycles. The van der Waals surface area contributed by atoms with E-state index in [1.54, 1.807) is 12.1 Å². The lowest BCUT2D eigenvalue weighted by Crippen LogP contribution is -2.14. The van der Waals surface area contributed by atoms with Crippen LogP contribution in [0, 0.1) is 5.82 Å². The number of halogens is 1. The standard InChI is InChI=1S/C19H25FN2O/c1-11(2)18-15(9-21)17(13-5-7-14(20)8-6-13)16(10-23)19(22-18)12(3)4/h5-8,11-12,23H,9-10,21H2,1-4H3. The molecular formula is C19H25FN2O. The van der Waals surface area contributed by atoms with Crippen LogP contribution in [0.1, 0.15) is 62.0 Å². The number of pyridine rings is 1. The Hall–Kier alpha value is -1.78. The minimum Gasteiger partial charge on any atom is -0.392 e. The predicted octanol–water partition coefficient (Wildman–Crippen LogP) is 4.09. The lowest BCUT2D eigenvalue weighted by molar-refractivity contribution is 0.279. The van der Waals surface area contributed by atoms with Gasteiger partial charge in [-0.05, 0) is 40.7 Å². The topological polar surface area (TPSA) is 59.1 Å². The van der Waals surface area contributed by atoms with E-state index < -0.39 is 0 Å². The number of hydrogen-bond acceptors (Lipinski definition) is 3. The van der Waals surface area contributed by atoms with Crippen molar-refractivity contribution < 1.29 is 9.50 Å². The Kier molecular flexibility index (Phi) is 5.50. The number of aliphatic hydroxyl groups is 1. The van der Waals surface area contributed by atoms with Crippen molar-refractivity contribution in [2.45, 2.75) is 52.7 Å². The third-order valence-electron chi connectivity index (χ3n) is 4.05. The first-order valence-corrected chi connectivity index (χ1v) is 8.03. The number of aromatic nitrogens is 1. The summed E-state index contributed by atoms with van der Waals surface area (Å²) >= 11 is 0. The first-order valence-electron chi connectivity index (χ1n) is 8.03. The number of nitrogens with two attached hydrogens (primary N) is 1. The third-order valence-corrected chi connectivity index (χ3v) is 4.05. The van der Waals surface area contributed by atoms with E-state index in [2.05, 4.69) is 27.7 Å². The zero-order valence-corrected chi connectivity index (χ0v) is 14.2. The molecule has 4 heteroatoms. The van der Waals surface area contributed by atoms with Gasteiger partial charge in [0.2, 0.25) is 0 Å². The summed E-state index contributed by atoms with van der Waals surface area (Å²) in [6.07, 6.45) is 0. The molecule has 1 heterocycles. The van der Waals surface area contributed by atoms with Crippen LogP contribution in [0.15, 0.2) is 24.3 Å². The Bertz CT molecular complexity index is 645. The highest BCUT2D eigenvalue weighted by Crippen LogP contribution is 2.36. The van der Waals surface area contributed by atoms with E-state index >= 15 is 0 Å². The van der Waals surface area contributed by atoms with Gasteiger partial charge in [-0.25, -0.2) is 4.39 Å². The Morgan fingerprint density at radius 2 is 1.52 bits per heavy atom. The second-order valence-corrected chi connectivity index (χ2v) is 6.39. The normalized spacial score (nSPS) is 11.5. The molecule has 0 bridgehead atoms. The molecule has 0 saturated carbocycles. The largest absolute Gasteiger partial charge is 0.392 e. The van der Waals surface area contributed by atoms with Crippen molar-refractivity contribution >= 4 is 0 Å². The van der Waals surface area contributed by atoms with E-state index in [-0.39, 0.29) is 24.3 Å². The van der Waals surface area contributed by atoms with Gasteiger partial charge in [0.15, 0.2) is 0 Å². The number of hydrogen-bond donors (Lipinski definition) is 2. The van der Waals surface area contributed by atoms with Gasteiger partial charge in [-0.3, -0.25) is 4.98 Å². The zero-order valence-electron chi connectivity index (χ0n) is 14.2. The van der Waals surface area contributed by atoms with Gasteiger partial charge in [-0.15, -0.1) is 0 Å². The van der Waals surface area contributed by atoms with Crippen molar-refractivity contribution in [3.63, 3.8) is 0 Å². The van der Waals surface area contributed by atoms with E-state index in [9.17, 15) is 9.50 Å². The second kappa shape index (κ2) is 7.20. The maximum atomic E-state index is 13.3. The molecule has 2 aromatic rings. The van der Waals surface area contributed by atoms with Gasteiger partial charge in [0.05, 0.1) is 6.61 Å². The smallest absolute Gasteiger partial charge is 0.123 e. The van der Waals surface area contributed by atoms with Crippen LogP contribution in [0.25, 0.3) is 11.1 Å². The molecule has 124 valence electrons. The van der Waals surface area contributed by atoms with Crippen LogP contribution in [0.5, 0.6) is 0 Å². The van der Waals surface area contributed by atoms with Crippen molar-refractivity contribution in [2.75, 3.05) is 0 Å². The fourth-order valence-corrected chi connectivity index (χ4v) is 2.99. The van der Waals surface area contributed by atoms with Crippen LogP contribution in [-0.4, -0.2) is 10.1 Å². The fraction of sp³-hybridized carbons (Fsp3) is 0.421. The van der Waals surface area contributed by atoms with Gasteiger partial charge < -0.3 is 10.8 Å². The summed E-state index contributed by atoms with van der Waals surface area (Å²) in [5, 5.41) is 9.96. The van der Waals surface area contributed by atoms with Crippen LogP contribution in [0.3, 0.4) is 0 Å². The van der Waals surface area contributed by atoms with Gasteiger partial charge >= 0.3 is 0 Å². The molecule has 0 atom stereocenters. The minimum atomic E-state index is -0.282. The number of benzene rings is 1. The summed E-state index contributed by atoms with van der Waals surface area (Å²) < 4.78 is 13.3. The zero-order chi connectivity index (χ0) is 17.1. The second-order valence-electron chi connectivity index (χ2n) is 6.39. The summed E-state index contributed by atoms with van der Waals surface area (Å²) in [4.78, 5) is 4.80. The van der Waals surface area contributed by atoms with E-state index in [4.69, 9.17) is 10.7 Å². The van der Waals surface area contributed by atoms with Gasteiger partial charge in [0.25, 0.3) is 0 Å². The Balaban J connectivity index is 2.86. The lowest BCUT2D eigenvalue weighted by Gasteiger charge is -2.23. The summed E-state index contributed by atoms with van der Waals surface area (Å²) in [7, 11) is 0. The molecule has 0 saturated heterocycles. The molecule has 0 aliphatic heterocycles. The predicted molar refractivity (Wildman–Crippen MR) is 91.6 cm³/mol. The van der Waals surface area contributed by atoms with Crippen LogP contribution in [0.2, 0.25) is 0 Å². The number of rotatable bonds is 5. The van der Waals surface area contributed by atoms with E-state index in [1.807, 2.05) is 0 Å². The van der Waals surface area contributed by atoms with Crippen molar-refractivity contribution in [1.82, 2.24) is 4.98 Å². The van der Waals surface area contributed by atoms with Crippen molar-refractivity contribution in [3.8, 4) is 11.1 Å². The van der Waals surface area contributed by atoms with Gasteiger partial charge in [-0.2, -0.15) is 0 Å². The molecule has 3 N–H and O–H groups in total. The molecule has 0 aliphatic rings. The molecule has 0 fully saturated rings. The molecule has 3 nitrogen and oxygen atoms in total. The van der Waals surface area contributed by atoms with Crippen LogP contribution < -0.4 is 5.73 Å². The molecular weight excluding hydrogens is 291 g/mol. The highest BCUT2D eigenvalue weighted by molar-refractivity contribution is 5.73. The van der Waals surface area contributed by atoms with Crippen LogP contribution in [-0.2, 0) is 13.2 Å². The van der Waals surface area contributed by atoms with Gasteiger partial charge in [0.1, 0.15) is 5.82 Å². The van der Waals surface area contributed by atoms with Crippen LogP contribution >= 0.6 is 0 Å². The van der Waals surface area contributed by atoms with Crippen molar-refractivity contribution in [2.24, 2.45) is 5.73 Å². The third kappa shape index (κ3) is 3.43. The SMILES string of the molecule is CC(C)c1nc(C(C)C)c(CO)c(-c2ccc(F)cc2)c1CN. The van der Waals surface area contributed by atoms with Gasteiger partial charge in [-0.1, -0.05) is 39.8 Å². The monoisotopic (exact) mass is 316 g/mol. The summed E-state index contributed by atoms with van der Waals surface area (Å²) in [6, 6.07) is 6.33. The highest BCUT2D eigenvalue weighted by atomic mass is 19.1. The molecule has 0 amide bonds. The molecule has 1 aromatic heterocycles. The first-order chi connectivity index (χ1) is 10.9. The summed E-state index contributed by atoms with van der Waals surface area (Å²) in [5.41, 5.74) is 11.3. The molecule has 0 spiro atoms. The maximum absolute atomic E-state index is 13.3. The lowest BCUT2D eigenvalue weighted by atomic mass is 9.87. The molecule has 2 rings (SSSR count). The summed E-state index contributed by atoms with van der Waals surface area (Å²) in [5.74, 6) is 0.120. The first kappa shape index (κ1) is 17.6. The van der Waals surface area contributed by atoms with Crippen LogP contribution in [0.4, 0.5) is 4.39 Å². The fourth-order valence-electron chi connectivity index (χ4n) is 2.99. The highest BCUT2D eigenvalue weighted by Gasteiger charge is 2.22. The van der Waals surface area contributed by atoms with Gasteiger partial charge in [0, 0.05) is 23.5 Å². The average Bonchev–Trinajstić information content (AvgIpc) is 2.53. The molecule has 0 unspecified atom stereocenters. The van der Waals surface area contributed by atoms with E-state index in [1.165, 1.54) is 12.1 Å². The Morgan fingerprint density at radius 1 is 1.00 bits per heavy atom. The number of nitrogens with zero attached hydrogens (tertiary/aromatic N) is 1. The quantitative estimate of drug-likeness (QED) is 0.873.